The Morgan fingerprint density at radius 2 is 1.83 bits per heavy atom. The molecule has 8 atom stereocenters. The summed E-state index contributed by atoms with van der Waals surface area (Å²) in [6, 6.07) is 0. The van der Waals surface area contributed by atoms with E-state index in [1.165, 1.54) is 0 Å². The van der Waals surface area contributed by atoms with Crippen LogP contribution in [0, 0.1) is 35.5 Å². The van der Waals surface area contributed by atoms with Crippen molar-refractivity contribution in [2.24, 2.45) is 35.5 Å². The number of rotatable bonds is 2. The Balaban J connectivity index is 1.60. The Hall–Kier alpha value is -0.780. The van der Waals surface area contributed by atoms with Crippen LogP contribution in [0.4, 0.5) is 0 Å². The van der Waals surface area contributed by atoms with Gasteiger partial charge in [-0.05, 0) is 68.6 Å². The van der Waals surface area contributed by atoms with Gasteiger partial charge in [0, 0.05) is 18.3 Å². The van der Waals surface area contributed by atoms with Crippen molar-refractivity contribution in [2.45, 2.75) is 63.1 Å². The molecule has 4 rings (SSSR count). The molecule has 0 aromatic carbocycles. The maximum absolute atomic E-state index is 13.0. The maximum Gasteiger partial charge on any atom is 0.189 e. The SMILES string of the molecule is O=C1CC2C(CC[C@]2(O)C(=O)CO)C2CC[C@H]3C[C@H](O)CCC3C12. The minimum atomic E-state index is -1.50. The van der Waals surface area contributed by atoms with E-state index in [1.54, 1.807) is 0 Å². The number of aliphatic hydroxyl groups excluding tert-OH is 2. The van der Waals surface area contributed by atoms with Gasteiger partial charge in [0.25, 0.3) is 0 Å². The fourth-order valence-corrected chi connectivity index (χ4v) is 6.72. The molecular formula is C19H28O5. The van der Waals surface area contributed by atoms with Crippen molar-refractivity contribution in [2.75, 3.05) is 6.61 Å². The standard InChI is InChI=1S/C19H28O5/c20-9-17(23)19(24)6-5-13-14-3-1-10-7-11(21)2-4-12(10)18(14)16(22)8-15(13)19/h10-15,18,20-21,24H,1-9H2/t10-,11+,12?,13?,14?,15?,18?,19+/m0/s1. The van der Waals surface area contributed by atoms with Gasteiger partial charge >= 0.3 is 0 Å². The van der Waals surface area contributed by atoms with Gasteiger partial charge in [0.05, 0.1) is 6.10 Å². The topological polar surface area (TPSA) is 94.8 Å². The molecule has 4 fully saturated rings. The number of hydrogen-bond donors (Lipinski definition) is 3. The number of ketones is 2. The molecule has 0 heterocycles. The molecule has 4 aliphatic rings. The second kappa shape index (κ2) is 5.89. The summed E-state index contributed by atoms with van der Waals surface area (Å²) in [5, 5.41) is 30.0. The van der Waals surface area contributed by atoms with E-state index in [-0.39, 0.29) is 42.0 Å². The summed E-state index contributed by atoms with van der Waals surface area (Å²) in [7, 11) is 0. The minimum absolute atomic E-state index is 0.0593. The summed E-state index contributed by atoms with van der Waals surface area (Å²) < 4.78 is 0. The molecule has 0 amide bonds. The number of carbonyl (C=O) groups excluding carboxylic acids is 2. The van der Waals surface area contributed by atoms with Gasteiger partial charge in [0.2, 0.25) is 0 Å². The van der Waals surface area contributed by atoms with E-state index in [4.69, 9.17) is 0 Å². The molecule has 0 bridgehead atoms. The lowest BCUT2D eigenvalue weighted by Crippen LogP contribution is -2.54. The molecule has 0 radical (unpaired) electrons. The van der Waals surface area contributed by atoms with Crippen LogP contribution in [0.5, 0.6) is 0 Å². The predicted octanol–water partition coefficient (Wildman–Crippen LogP) is 1.08. The zero-order valence-corrected chi connectivity index (χ0v) is 14.1. The second-order valence-corrected chi connectivity index (χ2v) is 8.64. The van der Waals surface area contributed by atoms with Gasteiger partial charge in [-0.2, -0.15) is 0 Å². The van der Waals surface area contributed by atoms with E-state index in [0.717, 1.165) is 38.5 Å². The summed E-state index contributed by atoms with van der Waals surface area (Å²) in [5.74, 6) is 0.766. The van der Waals surface area contributed by atoms with Gasteiger partial charge in [-0.3, -0.25) is 9.59 Å². The number of fused-ring (bicyclic) bond motifs is 5. The van der Waals surface area contributed by atoms with E-state index in [0.29, 0.717) is 18.3 Å². The Labute approximate surface area is 142 Å². The largest absolute Gasteiger partial charge is 0.393 e. The van der Waals surface area contributed by atoms with Crippen molar-refractivity contribution >= 4 is 11.6 Å². The smallest absolute Gasteiger partial charge is 0.189 e. The van der Waals surface area contributed by atoms with Crippen molar-refractivity contribution < 1.29 is 24.9 Å². The molecule has 24 heavy (non-hydrogen) atoms. The highest BCUT2D eigenvalue weighted by molar-refractivity contribution is 5.91. The highest BCUT2D eigenvalue weighted by Crippen LogP contribution is 2.59. The van der Waals surface area contributed by atoms with Gasteiger partial charge in [-0.1, -0.05) is 0 Å². The quantitative estimate of drug-likeness (QED) is 0.701. The average Bonchev–Trinajstić information content (AvgIpc) is 2.91. The van der Waals surface area contributed by atoms with Crippen molar-refractivity contribution in [1.82, 2.24) is 0 Å². The Morgan fingerprint density at radius 1 is 1.08 bits per heavy atom. The zero-order chi connectivity index (χ0) is 17.1. The van der Waals surface area contributed by atoms with E-state index in [2.05, 4.69) is 0 Å². The van der Waals surface area contributed by atoms with Crippen LogP contribution >= 0.6 is 0 Å². The van der Waals surface area contributed by atoms with E-state index in [9.17, 15) is 24.9 Å². The predicted molar refractivity (Wildman–Crippen MR) is 85.9 cm³/mol. The minimum Gasteiger partial charge on any atom is -0.393 e. The molecular weight excluding hydrogens is 308 g/mol. The van der Waals surface area contributed by atoms with E-state index in [1.807, 2.05) is 0 Å². The normalized spacial score (nSPS) is 50.8. The van der Waals surface area contributed by atoms with Crippen molar-refractivity contribution in [1.29, 1.82) is 0 Å². The van der Waals surface area contributed by atoms with Gasteiger partial charge in [0.1, 0.15) is 18.0 Å². The molecule has 4 aliphatic carbocycles. The average molecular weight is 336 g/mol. The lowest BCUT2D eigenvalue weighted by molar-refractivity contribution is -0.156. The first-order chi connectivity index (χ1) is 11.5. The Kier molecular flexibility index (Phi) is 4.09. The molecule has 5 nitrogen and oxygen atoms in total. The second-order valence-electron chi connectivity index (χ2n) is 8.64. The first-order valence-electron chi connectivity index (χ1n) is 9.53. The highest BCUT2D eigenvalue weighted by Gasteiger charge is 2.60. The molecule has 4 saturated carbocycles. The van der Waals surface area contributed by atoms with Crippen molar-refractivity contribution in [3.05, 3.63) is 0 Å². The van der Waals surface area contributed by atoms with Crippen LogP contribution < -0.4 is 0 Å². The third kappa shape index (κ3) is 2.31. The van der Waals surface area contributed by atoms with Crippen LogP contribution in [0.25, 0.3) is 0 Å². The van der Waals surface area contributed by atoms with Crippen LogP contribution in [0.1, 0.15) is 51.4 Å². The van der Waals surface area contributed by atoms with Crippen LogP contribution in [0.15, 0.2) is 0 Å². The number of aliphatic hydroxyl groups is 3. The molecule has 5 unspecified atom stereocenters. The third-order valence-electron chi connectivity index (χ3n) is 7.77. The Bertz CT molecular complexity index is 546. The summed E-state index contributed by atoms with van der Waals surface area (Å²) in [5.41, 5.74) is -1.50. The van der Waals surface area contributed by atoms with Gasteiger partial charge in [0.15, 0.2) is 5.78 Å². The molecule has 0 spiro atoms. The van der Waals surface area contributed by atoms with Gasteiger partial charge < -0.3 is 15.3 Å². The number of Topliss-reactive ketones (excluding diaryl/α,β-unsaturated/α-hetero) is 2. The Morgan fingerprint density at radius 3 is 2.58 bits per heavy atom. The van der Waals surface area contributed by atoms with E-state index >= 15 is 0 Å². The van der Waals surface area contributed by atoms with Crippen LogP contribution in [0.2, 0.25) is 0 Å². The molecule has 0 saturated heterocycles. The van der Waals surface area contributed by atoms with Crippen molar-refractivity contribution in [3.63, 3.8) is 0 Å². The highest BCUT2D eigenvalue weighted by atomic mass is 16.3. The molecule has 5 heteroatoms. The molecule has 0 aromatic heterocycles. The maximum atomic E-state index is 13.0. The fourth-order valence-electron chi connectivity index (χ4n) is 6.72. The first-order valence-corrected chi connectivity index (χ1v) is 9.53. The lowest BCUT2D eigenvalue weighted by Gasteiger charge is -2.52. The van der Waals surface area contributed by atoms with Crippen LogP contribution in [-0.2, 0) is 9.59 Å². The zero-order valence-electron chi connectivity index (χ0n) is 14.1. The summed E-state index contributed by atoms with van der Waals surface area (Å²) >= 11 is 0. The number of carbonyl (C=O) groups is 2. The van der Waals surface area contributed by atoms with Gasteiger partial charge in [-0.15, -0.1) is 0 Å². The fraction of sp³-hybridized carbons (Fsp3) is 0.895. The third-order valence-corrected chi connectivity index (χ3v) is 7.77. The summed E-state index contributed by atoms with van der Waals surface area (Å²) in [6.45, 7) is -0.648. The van der Waals surface area contributed by atoms with Gasteiger partial charge in [-0.25, -0.2) is 0 Å². The molecule has 0 aliphatic heterocycles. The molecule has 3 N–H and O–H groups in total. The summed E-state index contributed by atoms with van der Waals surface area (Å²) in [4.78, 5) is 25.0. The van der Waals surface area contributed by atoms with Crippen LogP contribution in [0.3, 0.4) is 0 Å². The summed E-state index contributed by atoms with van der Waals surface area (Å²) in [6.07, 6.45) is 5.77. The monoisotopic (exact) mass is 336 g/mol. The van der Waals surface area contributed by atoms with E-state index < -0.39 is 18.0 Å². The molecule has 134 valence electrons. The molecule has 0 aromatic rings. The van der Waals surface area contributed by atoms with Crippen LogP contribution in [-0.4, -0.2) is 45.2 Å². The number of hydrogen-bond acceptors (Lipinski definition) is 5. The van der Waals surface area contributed by atoms with Crippen molar-refractivity contribution in [3.8, 4) is 0 Å². The first kappa shape index (κ1) is 16.7. The lowest BCUT2D eigenvalue weighted by atomic mass is 9.52.